The highest BCUT2D eigenvalue weighted by Crippen LogP contribution is 2.29. The van der Waals surface area contributed by atoms with Crippen LogP contribution in [0.2, 0.25) is 0 Å². The summed E-state index contributed by atoms with van der Waals surface area (Å²) >= 11 is 0. The molecular weight excluding hydrogens is 278 g/mol. The summed E-state index contributed by atoms with van der Waals surface area (Å²) in [6.45, 7) is 4.24. The number of nitrogens with zero attached hydrogens (tertiary/aromatic N) is 1. The minimum Gasteiger partial charge on any atom is -0.493 e. The molecule has 1 aromatic carbocycles. The lowest BCUT2D eigenvalue weighted by Gasteiger charge is -2.26. The summed E-state index contributed by atoms with van der Waals surface area (Å²) in [6, 6.07) is 5.46. The van der Waals surface area contributed by atoms with Crippen LogP contribution >= 0.6 is 0 Å². The van der Waals surface area contributed by atoms with Gasteiger partial charge in [0.1, 0.15) is 0 Å². The molecule has 2 rings (SSSR count). The zero-order chi connectivity index (χ0) is 15.9. The summed E-state index contributed by atoms with van der Waals surface area (Å²) in [5.74, 6) is 1.48. The molecule has 0 spiro atoms. The number of methoxy groups -OCH3 is 2. The van der Waals surface area contributed by atoms with E-state index in [4.69, 9.17) is 9.47 Å². The average molecular weight is 305 g/mol. The van der Waals surface area contributed by atoms with Crippen molar-refractivity contribution in [3.63, 3.8) is 0 Å². The van der Waals surface area contributed by atoms with Crippen molar-refractivity contribution in [2.75, 3.05) is 27.3 Å². The van der Waals surface area contributed by atoms with E-state index < -0.39 is 0 Å². The number of unbranched alkanes of at least 4 members (excludes halogenated alkanes) is 1. The fourth-order valence-electron chi connectivity index (χ4n) is 3.11. The third-order valence-corrected chi connectivity index (χ3v) is 4.38. The highest BCUT2D eigenvalue weighted by Gasteiger charge is 2.28. The standard InChI is InChI=1S/C18H27NO3/c1-4-5-8-15(19-11-6-7-12-19)18(20)14-9-10-16(21-2)17(13-14)22-3/h9-10,13,15H,4-8,11-12H2,1-3H3. The van der Waals surface area contributed by atoms with E-state index in [1.165, 1.54) is 12.8 Å². The highest BCUT2D eigenvalue weighted by atomic mass is 16.5. The SMILES string of the molecule is CCCCC(C(=O)c1ccc(OC)c(OC)c1)N1CCCC1. The molecular formula is C18H27NO3. The molecule has 1 aliphatic heterocycles. The quantitative estimate of drug-likeness (QED) is 0.689. The maximum Gasteiger partial charge on any atom is 0.180 e. The van der Waals surface area contributed by atoms with Crippen LogP contribution in [0.15, 0.2) is 18.2 Å². The van der Waals surface area contributed by atoms with Crippen LogP contribution in [0.25, 0.3) is 0 Å². The van der Waals surface area contributed by atoms with Gasteiger partial charge in [-0.05, 0) is 50.6 Å². The zero-order valence-corrected chi connectivity index (χ0v) is 13.9. The molecule has 0 N–H and O–H groups in total. The van der Waals surface area contributed by atoms with E-state index >= 15 is 0 Å². The lowest BCUT2D eigenvalue weighted by atomic mass is 9.98. The lowest BCUT2D eigenvalue weighted by Crippen LogP contribution is -2.39. The van der Waals surface area contributed by atoms with Crippen LogP contribution in [-0.4, -0.2) is 44.0 Å². The highest BCUT2D eigenvalue weighted by molar-refractivity contribution is 6.00. The van der Waals surface area contributed by atoms with Crippen molar-refractivity contribution in [3.8, 4) is 11.5 Å². The molecule has 1 fully saturated rings. The third kappa shape index (κ3) is 3.80. The molecule has 4 heteroatoms. The first-order chi connectivity index (χ1) is 10.7. The second kappa shape index (κ2) is 8.18. The molecule has 22 heavy (non-hydrogen) atoms. The summed E-state index contributed by atoms with van der Waals surface area (Å²) in [5, 5.41) is 0. The third-order valence-electron chi connectivity index (χ3n) is 4.38. The van der Waals surface area contributed by atoms with Gasteiger partial charge in [0.05, 0.1) is 20.3 Å². The van der Waals surface area contributed by atoms with Gasteiger partial charge in [-0.2, -0.15) is 0 Å². The van der Waals surface area contributed by atoms with Crippen LogP contribution in [0, 0.1) is 0 Å². The number of Topliss-reactive ketones (excluding diaryl/α,β-unsaturated/α-hetero) is 1. The number of carbonyl (C=O) groups excluding carboxylic acids is 1. The van der Waals surface area contributed by atoms with Crippen LogP contribution in [0.1, 0.15) is 49.4 Å². The summed E-state index contributed by atoms with van der Waals surface area (Å²) in [7, 11) is 3.20. The van der Waals surface area contributed by atoms with Crippen molar-refractivity contribution in [2.45, 2.75) is 45.1 Å². The summed E-state index contributed by atoms with van der Waals surface area (Å²) in [5.41, 5.74) is 0.714. The number of hydrogen-bond acceptors (Lipinski definition) is 4. The molecule has 1 unspecified atom stereocenters. The number of hydrogen-bond donors (Lipinski definition) is 0. The first kappa shape index (κ1) is 16.8. The zero-order valence-electron chi connectivity index (χ0n) is 13.9. The smallest absolute Gasteiger partial charge is 0.180 e. The number of carbonyl (C=O) groups is 1. The van der Waals surface area contributed by atoms with Crippen molar-refractivity contribution in [1.82, 2.24) is 4.90 Å². The molecule has 0 radical (unpaired) electrons. The Morgan fingerprint density at radius 2 is 1.86 bits per heavy atom. The van der Waals surface area contributed by atoms with Crippen molar-refractivity contribution >= 4 is 5.78 Å². The maximum atomic E-state index is 13.0. The summed E-state index contributed by atoms with van der Waals surface area (Å²) in [6.07, 6.45) is 5.52. The van der Waals surface area contributed by atoms with Crippen molar-refractivity contribution in [2.24, 2.45) is 0 Å². The van der Waals surface area contributed by atoms with Gasteiger partial charge in [-0.15, -0.1) is 0 Å². The first-order valence-corrected chi connectivity index (χ1v) is 8.21. The second-order valence-electron chi connectivity index (χ2n) is 5.84. The minimum atomic E-state index is 0.000510. The summed E-state index contributed by atoms with van der Waals surface area (Å²) in [4.78, 5) is 15.3. The number of ether oxygens (including phenoxy) is 2. The Morgan fingerprint density at radius 3 is 2.45 bits per heavy atom. The van der Waals surface area contributed by atoms with Crippen LogP contribution < -0.4 is 9.47 Å². The van der Waals surface area contributed by atoms with Gasteiger partial charge >= 0.3 is 0 Å². The number of benzene rings is 1. The van der Waals surface area contributed by atoms with E-state index in [-0.39, 0.29) is 11.8 Å². The first-order valence-electron chi connectivity index (χ1n) is 8.21. The number of ketones is 1. The molecule has 4 nitrogen and oxygen atoms in total. The van der Waals surface area contributed by atoms with E-state index in [0.717, 1.165) is 32.4 Å². The molecule has 0 saturated carbocycles. The fourth-order valence-corrected chi connectivity index (χ4v) is 3.11. The van der Waals surface area contributed by atoms with Crippen LogP contribution in [0.3, 0.4) is 0 Å². The van der Waals surface area contributed by atoms with Crippen LogP contribution in [-0.2, 0) is 0 Å². The predicted octanol–water partition coefficient (Wildman–Crippen LogP) is 3.54. The van der Waals surface area contributed by atoms with Gasteiger partial charge in [-0.3, -0.25) is 9.69 Å². The Balaban J connectivity index is 2.21. The molecule has 0 aromatic heterocycles. The van der Waals surface area contributed by atoms with E-state index in [1.54, 1.807) is 20.3 Å². The van der Waals surface area contributed by atoms with Crippen molar-refractivity contribution < 1.29 is 14.3 Å². The van der Waals surface area contributed by atoms with Gasteiger partial charge in [0.15, 0.2) is 17.3 Å². The molecule has 1 saturated heterocycles. The van der Waals surface area contributed by atoms with Crippen LogP contribution in [0.4, 0.5) is 0 Å². The van der Waals surface area contributed by atoms with E-state index in [9.17, 15) is 4.79 Å². The largest absolute Gasteiger partial charge is 0.493 e. The van der Waals surface area contributed by atoms with Crippen LogP contribution in [0.5, 0.6) is 11.5 Å². The predicted molar refractivity (Wildman–Crippen MR) is 88.0 cm³/mol. The van der Waals surface area contributed by atoms with E-state index in [1.807, 2.05) is 12.1 Å². The average Bonchev–Trinajstić information content (AvgIpc) is 3.08. The van der Waals surface area contributed by atoms with Gasteiger partial charge in [-0.25, -0.2) is 0 Å². The Morgan fingerprint density at radius 1 is 1.18 bits per heavy atom. The molecule has 0 aliphatic carbocycles. The topological polar surface area (TPSA) is 38.8 Å². The van der Waals surface area contributed by atoms with Gasteiger partial charge < -0.3 is 9.47 Å². The lowest BCUT2D eigenvalue weighted by molar-refractivity contribution is 0.0835. The Bertz CT molecular complexity index is 495. The maximum absolute atomic E-state index is 13.0. The molecule has 0 amide bonds. The van der Waals surface area contributed by atoms with Gasteiger partial charge in [0.2, 0.25) is 0 Å². The van der Waals surface area contributed by atoms with E-state index in [0.29, 0.717) is 17.1 Å². The van der Waals surface area contributed by atoms with E-state index in [2.05, 4.69) is 11.8 Å². The molecule has 1 aromatic rings. The molecule has 1 aliphatic rings. The molecule has 0 bridgehead atoms. The number of likely N-dealkylation sites (tertiary alicyclic amines) is 1. The normalized spacial score (nSPS) is 16.5. The monoisotopic (exact) mass is 305 g/mol. The van der Waals surface area contributed by atoms with Gasteiger partial charge in [0, 0.05) is 5.56 Å². The number of rotatable bonds is 8. The van der Waals surface area contributed by atoms with Crippen molar-refractivity contribution in [1.29, 1.82) is 0 Å². The Labute approximate surface area is 133 Å². The van der Waals surface area contributed by atoms with Gasteiger partial charge in [0.25, 0.3) is 0 Å². The molecule has 122 valence electrons. The Hall–Kier alpha value is -1.55. The summed E-state index contributed by atoms with van der Waals surface area (Å²) < 4.78 is 10.6. The van der Waals surface area contributed by atoms with Crippen molar-refractivity contribution in [3.05, 3.63) is 23.8 Å². The van der Waals surface area contributed by atoms with Gasteiger partial charge in [-0.1, -0.05) is 19.8 Å². The molecule has 1 heterocycles. The molecule has 1 atom stereocenters. The fraction of sp³-hybridized carbons (Fsp3) is 0.611. The minimum absolute atomic E-state index is 0.000510. The Kier molecular flexibility index (Phi) is 6.25. The second-order valence-corrected chi connectivity index (χ2v) is 5.84.